The van der Waals surface area contributed by atoms with Crippen molar-refractivity contribution in [1.29, 1.82) is 0 Å². The van der Waals surface area contributed by atoms with Crippen LogP contribution in [-0.4, -0.2) is 15.0 Å². The molecule has 0 amide bonds. The first-order valence-corrected chi connectivity index (χ1v) is 5.02. The van der Waals surface area contributed by atoms with Gasteiger partial charge in [0, 0.05) is 7.05 Å². The topological polar surface area (TPSA) is 56.7 Å². The van der Waals surface area contributed by atoms with E-state index in [0.717, 1.165) is 0 Å². The van der Waals surface area contributed by atoms with Gasteiger partial charge in [0.2, 0.25) is 0 Å². The van der Waals surface area contributed by atoms with Crippen molar-refractivity contribution in [3.8, 4) is 0 Å². The van der Waals surface area contributed by atoms with Gasteiger partial charge < -0.3 is 5.73 Å². The quantitative estimate of drug-likeness (QED) is 0.869. The molecule has 84 valence electrons. The molecule has 4 nitrogen and oxygen atoms in total. The molecule has 1 heterocycles. The van der Waals surface area contributed by atoms with Crippen molar-refractivity contribution in [2.75, 3.05) is 0 Å². The minimum Gasteiger partial charge on any atom is -0.319 e. The predicted molar refractivity (Wildman–Crippen MR) is 58.4 cm³/mol. The van der Waals surface area contributed by atoms with Gasteiger partial charge in [0.15, 0.2) is 0 Å². The van der Waals surface area contributed by atoms with Crippen molar-refractivity contribution < 1.29 is 4.39 Å². The molecule has 2 rings (SSSR count). The molecule has 0 saturated carbocycles. The fourth-order valence-corrected chi connectivity index (χ4v) is 1.50. The lowest BCUT2D eigenvalue weighted by molar-refractivity contribution is 0.620. The van der Waals surface area contributed by atoms with Crippen molar-refractivity contribution in [3.05, 3.63) is 46.5 Å². The van der Waals surface area contributed by atoms with Crippen LogP contribution in [0.25, 0.3) is 0 Å². The number of rotatable bonds is 2. The second-order valence-electron chi connectivity index (χ2n) is 3.41. The molecular weight excluding hydrogens is 231 g/mol. The number of benzene rings is 1. The molecule has 0 aliphatic heterocycles. The van der Waals surface area contributed by atoms with E-state index in [1.54, 1.807) is 19.3 Å². The number of hydrogen-bond acceptors (Lipinski definition) is 3. The van der Waals surface area contributed by atoms with E-state index in [1.165, 1.54) is 16.9 Å². The minimum atomic E-state index is -0.500. The maximum atomic E-state index is 13.2. The first-order chi connectivity index (χ1) is 7.58. The highest BCUT2D eigenvalue weighted by Crippen LogP contribution is 2.22. The van der Waals surface area contributed by atoms with Crippen molar-refractivity contribution in [2.45, 2.75) is 6.04 Å². The average molecular weight is 241 g/mol. The molecule has 1 unspecified atom stereocenters. The lowest BCUT2D eigenvalue weighted by Gasteiger charge is -2.08. The van der Waals surface area contributed by atoms with E-state index >= 15 is 0 Å². The van der Waals surface area contributed by atoms with Crippen LogP contribution >= 0.6 is 11.6 Å². The third-order valence-electron chi connectivity index (χ3n) is 2.24. The van der Waals surface area contributed by atoms with Crippen LogP contribution in [0.5, 0.6) is 0 Å². The summed E-state index contributed by atoms with van der Waals surface area (Å²) in [6.45, 7) is 0. The number of nitrogens with zero attached hydrogens (tertiary/aromatic N) is 3. The van der Waals surface area contributed by atoms with E-state index in [9.17, 15) is 4.39 Å². The Morgan fingerprint density at radius 1 is 1.50 bits per heavy atom. The first-order valence-electron chi connectivity index (χ1n) is 4.64. The van der Waals surface area contributed by atoms with Crippen LogP contribution in [-0.2, 0) is 7.05 Å². The Bertz CT molecular complexity index is 511. The SMILES string of the molecule is Cn1ncc(C(N)c2ccc(Cl)c(F)c2)n1. The summed E-state index contributed by atoms with van der Waals surface area (Å²) in [5.41, 5.74) is 7.12. The Labute approximate surface area is 96.8 Å². The molecule has 2 aromatic rings. The number of aryl methyl sites for hydroxylation is 1. The van der Waals surface area contributed by atoms with Gasteiger partial charge in [-0.1, -0.05) is 17.7 Å². The Hall–Kier alpha value is -1.46. The highest BCUT2D eigenvalue weighted by molar-refractivity contribution is 6.30. The lowest BCUT2D eigenvalue weighted by Crippen LogP contribution is -2.13. The maximum absolute atomic E-state index is 13.2. The molecule has 0 bridgehead atoms. The second-order valence-corrected chi connectivity index (χ2v) is 3.82. The summed E-state index contributed by atoms with van der Waals surface area (Å²) < 4.78 is 13.2. The summed E-state index contributed by atoms with van der Waals surface area (Å²) in [7, 11) is 1.69. The van der Waals surface area contributed by atoms with E-state index in [4.69, 9.17) is 17.3 Å². The Balaban J connectivity index is 2.33. The van der Waals surface area contributed by atoms with Gasteiger partial charge in [-0.3, -0.25) is 0 Å². The summed E-state index contributed by atoms with van der Waals surface area (Å²) >= 11 is 5.59. The standard InChI is InChI=1S/C10H10ClFN4/c1-16-14-5-9(15-16)10(13)6-2-3-7(11)8(12)4-6/h2-5,10H,13H2,1H3. The molecule has 0 spiro atoms. The minimum absolute atomic E-state index is 0.0788. The molecule has 1 aromatic carbocycles. The Morgan fingerprint density at radius 2 is 2.25 bits per heavy atom. The van der Waals surface area contributed by atoms with Gasteiger partial charge >= 0.3 is 0 Å². The lowest BCUT2D eigenvalue weighted by atomic mass is 10.1. The molecule has 0 aliphatic carbocycles. The molecular formula is C10H10ClFN4. The summed E-state index contributed by atoms with van der Waals surface area (Å²) in [4.78, 5) is 1.40. The van der Waals surface area contributed by atoms with Gasteiger partial charge in [0.25, 0.3) is 0 Å². The van der Waals surface area contributed by atoms with Crippen molar-refractivity contribution in [1.82, 2.24) is 15.0 Å². The van der Waals surface area contributed by atoms with Crippen LogP contribution in [0.15, 0.2) is 24.4 Å². The van der Waals surface area contributed by atoms with Crippen LogP contribution in [0.3, 0.4) is 0 Å². The molecule has 6 heteroatoms. The van der Waals surface area contributed by atoms with Crippen molar-refractivity contribution in [3.63, 3.8) is 0 Å². The third kappa shape index (κ3) is 2.05. The third-order valence-corrected chi connectivity index (χ3v) is 2.55. The van der Waals surface area contributed by atoms with Gasteiger partial charge in [-0.05, 0) is 17.7 Å². The van der Waals surface area contributed by atoms with Gasteiger partial charge in [-0.2, -0.15) is 15.0 Å². The zero-order valence-electron chi connectivity index (χ0n) is 8.56. The fraction of sp³-hybridized carbons (Fsp3) is 0.200. The summed E-state index contributed by atoms with van der Waals surface area (Å²) in [5.74, 6) is -0.487. The Morgan fingerprint density at radius 3 is 2.81 bits per heavy atom. The van der Waals surface area contributed by atoms with Crippen LogP contribution < -0.4 is 5.73 Å². The number of halogens is 2. The molecule has 0 fully saturated rings. The fourth-order valence-electron chi connectivity index (χ4n) is 1.38. The van der Waals surface area contributed by atoms with Gasteiger partial charge in [-0.25, -0.2) is 4.39 Å². The first kappa shape index (κ1) is 11.0. The van der Waals surface area contributed by atoms with E-state index in [1.807, 2.05) is 0 Å². The van der Waals surface area contributed by atoms with Crippen LogP contribution in [0.2, 0.25) is 5.02 Å². The monoisotopic (exact) mass is 240 g/mol. The second kappa shape index (κ2) is 4.19. The van der Waals surface area contributed by atoms with Crippen molar-refractivity contribution >= 4 is 11.6 Å². The van der Waals surface area contributed by atoms with E-state index in [0.29, 0.717) is 11.3 Å². The molecule has 0 radical (unpaired) electrons. The zero-order valence-corrected chi connectivity index (χ0v) is 9.32. The van der Waals surface area contributed by atoms with E-state index in [2.05, 4.69) is 10.2 Å². The normalized spacial score (nSPS) is 12.8. The van der Waals surface area contributed by atoms with Crippen molar-refractivity contribution in [2.24, 2.45) is 12.8 Å². The predicted octanol–water partition coefficient (Wildman–Crippen LogP) is 1.66. The summed E-state index contributed by atoms with van der Waals surface area (Å²) in [5, 5.41) is 8.05. The largest absolute Gasteiger partial charge is 0.319 e. The summed E-state index contributed by atoms with van der Waals surface area (Å²) in [6.07, 6.45) is 1.55. The molecule has 1 atom stereocenters. The number of hydrogen-bond donors (Lipinski definition) is 1. The zero-order chi connectivity index (χ0) is 11.7. The van der Waals surface area contributed by atoms with E-state index in [-0.39, 0.29) is 5.02 Å². The molecule has 0 aliphatic rings. The molecule has 2 N–H and O–H groups in total. The molecule has 16 heavy (non-hydrogen) atoms. The number of aromatic nitrogens is 3. The van der Waals surface area contributed by atoms with Gasteiger partial charge in [0.05, 0.1) is 17.3 Å². The number of nitrogens with two attached hydrogens (primary N) is 1. The summed E-state index contributed by atoms with van der Waals surface area (Å²) in [6, 6.07) is 3.95. The average Bonchev–Trinajstić information content (AvgIpc) is 2.68. The van der Waals surface area contributed by atoms with E-state index < -0.39 is 11.9 Å². The molecule has 1 aromatic heterocycles. The Kier molecular flexibility index (Phi) is 2.89. The molecule has 0 saturated heterocycles. The van der Waals surface area contributed by atoms with Crippen LogP contribution in [0, 0.1) is 5.82 Å². The van der Waals surface area contributed by atoms with Crippen LogP contribution in [0.1, 0.15) is 17.3 Å². The highest BCUT2D eigenvalue weighted by atomic mass is 35.5. The highest BCUT2D eigenvalue weighted by Gasteiger charge is 2.13. The van der Waals surface area contributed by atoms with Gasteiger partial charge in [0.1, 0.15) is 11.5 Å². The van der Waals surface area contributed by atoms with Crippen LogP contribution in [0.4, 0.5) is 4.39 Å². The maximum Gasteiger partial charge on any atom is 0.142 e. The van der Waals surface area contributed by atoms with Gasteiger partial charge in [-0.15, -0.1) is 0 Å². The smallest absolute Gasteiger partial charge is 0.142 e.